The molecule has 5 heteroatoms. The second-order valence-electron chi connectivity index (χ2n) is 6.47. The van der Waals surface area contributed by atoms with Crippen LogP contribution in [0.15, 0.2) is 65.6 Å². The van der Waals surface area contributed by atoms with E-state index in [2.05, 4.69) is 11.4 Å². The first-order valence-corrected chi connectivity index (χ1v) is 9.93. The Morgan fingerprint density at radius 1 is 0.963 bits per heavy atom. The van der Waals surface area contributed by atoms with Crippen molar-refractivity contribution < 1.29 is 14.3 Å². The molecular weight excluding hydrogens is 358 g/mol. The summed E-state index contributed by atoms with van der Waals surface area (Å²) in [5, 5.41) is 5.04. The van der Waals surface area contributed by atoms with Gasteiger partial charge in [0.1, 0.15) is 0 Å². The van der Waals surface area contributed by atoms with Crippen LogP contribution in [0, 0.1) is 0 Å². The maximum atomic E-state index is 12.6. The Balaban J connectivity index is 1.43. The molecular formula is C22H21NO3S. The number of amides is 1. The number of fused-ring (bicyclic) bond motifs is 2. The van der Waals surface area contributed by atoms with Gasteiger partial charge in [0, 0.05) is 17.0 Å². The molecule has 0 aliphatic carbocycles. The van der Waals surface area contributed by atoms with Gasteiger partial charge in [0.25, 0.3) is 0 Å². The van der Waals surface area contributed by atoms with Gasteiger partial charge in [-0.2, -0.15) is 0 Å². The molecule has 4 rings (SSSR count). The van der Waals surface area contributed by atoms with Crippen LogP contribution in [0.2, 0.25) is 0 Å². The number of nitrogens with one attached hydrogen (secondary N) is 1. The summed E-state index contributed by atoms with van der Waals surface area (Å²) in [6.45, 7) is 3.23. The summed E-state index contributed by atoms with van der Waals surface area (Å²) in [6.07, 6.45) is 0.877. The molecule has 1 amide bonds. The quantitative estimate of drug-likeness (QED) is 0.639. The predicted molar refractivity (Wildman–Crippen MR) is 110 cm³/mol. The number of anilines is 1. The Labute approximate surface area is 162 Å². The highest BCUT2D eigenvalue weighted by molar-refractivity contribution is 8.00. The number of carbonyl (C=O) groups is 1. The predicted octanol–water partition coefficient (Wildman–Crippen LogP) is 5.12. The summed E-state index contributed by atoms with van der Waals surface area (Å²) < 4.78 is 11.4. The van der Waals surface area contributed by atoms with Crippen molar-refractivity contribution in [3.63, 3.8) is 0 Å². The van der Waals surface area contributed by atoms with E-state index in [1.807, 2.05) is 61.5 Å². The number of benzene rings is 3. The Bertz CT molecular complexity index is 973. The van der Waals surface area contributed by atoms with E-state index in [-0.39, 0.29) is 11.2 Å². The van der Waals surface area contributed by atoms with Gasteiger partial charge in [-0.3, -0.25) is 4.79 Å². The van der Waals surface area contributed by atoms with Crippen LogP contribution in [-0.4, -0.2) is 24.4 Å². The maximum absolute atomic E-state index is 12.6. The molecule has 1 aliphatic rings. The zero-order valence-electron chi connectivity index (χ0n) is 15.1. The summed E-state index contributed by atoms with van der Waals surface area (Å²) in [6, 6.07) is 19.9. The second kappa shape index (κ2) is 7.92. The van der Waals surface area contributed by atoms with Crippen LogP contribution in [0.1, 0.15) is 13.3 Å². The van der Waals surface area contributed by atoms with E-state index >= 15 is 0 Å². The number of rotatable bonds is 4. The van der Waals surface area contributed by atoms with Gasteiger partial charge in [-0.15, -0.1) is 11.8 Å². The van der Waals surface area contributed by atoms with Crippen LogP contribution < -0.4 is 14.8 Å². The number of ether oxygens (including phenoxy) is 2. The summed E-state index contributed by atoms with van der Waals surface area (Å²) in [4.78, 5) is 13.6. The van der Waals surface area contributed by atoms with Gasteiger partial charge < -0.3 is 14.8 Å². The van der Waals surface area contributed by atoms with Crippen molar-refractivity contribution >= 4 is 34.1 Å². The van der Waals surface area contributed by atoms with Crippen LogP contribution >= 0.6 is 11.8 Å². The molecule has 0 saturated heterocycles. The third-order valence-electron chi connectivity index (χ3n) is 4.42. The standard InChI is InChI=1S/C22H21NO3S/c1-15(27-19-9-10-20-21(14-19)26-12-4-11-25-20)22(24)23-18-8-7-16-5-2-3-6-17(16)13-18/h2-3,5-10,13-15H,4,11-12H2,1H3,(H,23,24). The average molecular weight is 379 g/mol. The van der Waals surface area contributed by atoms with E-state index in [1.165, 1.54) is 11.8 Å². The lowest BCUT2D eigenvalue weighted by molar-refractivity contribution is -0.115. The third kappa shape index (κ3) is 4.19. The van der Waals surface area contributed by atoms with Gasteiger partial charge in [0.2, 0.25) is 5.91 Å². The van der Waals surface area contributed by atoms with Crippen molar-refractivity contribution in [1.82, 2.24) is 0 Å². The van der Waals surface area contributed by atoms with Crippen LogP contribution in [0.25, 0.3) is 10.8 Å². The highest BCUT2D eigenvalue weighted by Crippen LogP contribution is 2.35. The molecule has 0 radical (unpaired) electrons. The molecule has 1 heterocycles. The van der Waals surface area contributed by atoms with Crippen LogP contribution in [0.4, 0.5) is 5.69 Å². The highest BCUT2D eigenvalue weighted by atomic mass is 32.2. The molecule has 0 aromatic heterocycles. The minimum absolute atomic E-state index is 0.0256. The zero-order chi connectivity index (χ0) is 18.6. The highest BCUT2D eigenvalue weighted by Gasteiger charge is 2.17. The fraction of sp³-hybridized carbons (Fsp3) is 0.227. The largest absolute Gasteiger partial charge is 0.490 e. The summed E-state index contributed by atoms with van der Waals surface area (Å²) in [5.41, 5.74) is 0.810. The molecule has 1 atom stereocenters. The van der Waals surface area contributed by atoms with E-state index in [9.17, 15) is 4.79 Å². The first-order valence-electron chi connectivity index (χ1n) is 9.05. The molecule has 1 aliphatic heterocycles. The van der Waals surface area contributed by atoms with E-state index in [0.29, 0.717) is 13.2 Å². The minimum Gasteiger partial charge on any atom is -0.490 e. The lowest BCUT2D eigenvalue weighted by Crippen LogP contribution is -2.22. The van der Waals surface area contributed by atoms with Gasteiger partial charge in [0.05, 0.1) is 18.5 Å². The molecule has 1 N–H and O–H groups in total. The SMILES string of the molecule is CC(Sc1ccc2c(c1)OCCCO2)C(=O)Nc1ccc2ccccc2c1. The van der Waals surface area contributed by atoms with E-state index in [4.69, 9.17) is 9.47 Å². The number of carbonyl (C=O) groups excluding carboxylic acids is 1. The fourth-order valence-electron chi connectivity index (χ4n) is 2.99. The van der Waals surface area contributed by atoms with Crippen molar-refractivity contribution in [1.29, 1.82) is 0 Å². The van der Waals surface area contributed by atoms with Crippen LogP contribution in [-0.2, 0) is 4.79 Å². The second-order valence-corrected chi connectivity index (χ2v) is 7.88. The molecule has 0 fully saturated rings. The first-order chi connectivity index (χ1) is 13.2. The van der Waals surface area contributed by atoms with Crippen molar-refractivity contribution in [3.8, 4) is 11.5 Å². The van der Waals surface area contributed by atoms with Crippen molar-refractivity contribution in [2.24, 2.45) is 0 Å². The van der Waals surface area contributed by atoms with Gasteiger partial charge in [-0.1, -0.05) is 30.3 Å². The summed E-state index contributed by atoms with van der Waals surface area (Å²) in [5.74, 6) is 1.49. The smallest absolute Gasteiger partial charge is 0.237 e. The molecule has 0 spiro atoms. The molecule has 1 unspecified atom stereocenters. The Morgan fingerprint density at radius 3 is 2.59 bits per heavy atom. The van der Waals surface area contributed by atoms with E-state index < -0.39 is 0 Å². The van der Waals surface area contributed by atoms with Gasteiger partial charge in [0.15, 0.2) is 11.5 Å². The molecule has 0 bridgehead atoms. The molecule has 27 heavy (non-hydrogen) atoms. The van der Waals surface area contributed by atoms with Crippen LogP contribution in [0.3, 0.4) is 0 Å². The molecule has 3 aromatic carbocycles. The summed E-state index contributed by atoms with van der Waals surface area (Å²) in [7, 11) is 0. The Morgan fingerprint density at radius 2 is 1.74 bits per heavy atom. The van der Waals surface area contributed by atoms with Crippen molar-refractivity contribution in [2.75, 3.05) is 18.5 Å². The molecule has 3 aromatic rings. The number of hydrogen-bond acceptors (Lipinski definition) is 4. The van der Waals surface area contributed by atoms with Crippen molar-refractivity contribution in [3.05, 3.63) is 60.7 Å². The fourth-order valence-corrected chi connectivity index (χ4v) is 3.88. The molecule has 138 valence electrons. The monoisotopic (exact) mass is 379 g/mol. The lowest BCUT2D eigenvalue weighted by atomic mass is 10.1. The first kappa shape index (κ1) is 17.7. The Kier molecular flexibility index (Phi) is 5.21. The topological polar surface area (TPSA) is 47.6 Å². The lowest BCUT2D eigenvalue weighted by Gasteiger charge is -2.14. The van der Waals surface area contributed by atoms with E-state index in [1.54, 1.807) is 0 Å². The number of hydrogen-bond donors (Lipinski definition) is 1. The molecule has 0 saturated carbocycles. The van der Waals surface area contributed by atoms with Gasteiger partial charge >= 0.3 is 0 Å². The van der Waals surface area contributed by atoms with Crippen LogP contribution in [0.5, 0.6) is 11.5 Å². The average Bonchev–Trinajstić information content (AvgIpc) is 2.93. The zero-order valence-corrected chi connectivity index (χ0v) is 15.9. The third-order valence-corrected chi connectivity index (χ3v) is 5.51. The number of thioether (sulfide) groups is 1. The van der Waals surface area contributed by atoms with E-state index in [0.717, 1.165) is 39.3 Å². The maximum Gasteiger partial charge on any atom is 0.237 e. The molecule has 4 nitrogen and oxygen atoms in total. The van der Waals surface area contributed by atoms with Crippen molar-refractivity contribution in [2.45, 2.75) is 23.5 Å². The van der Waals surface area contributed by atoms with Gasteiger partial charge in [-0.25, -0.2) is 0 Å². The normalized spacial score (nSPS) is 14.4. The summed E-state index contributed by atoms with van der Waals surface area (Å²) >= 11 is 1.51. The van der Waals surface area contributed by atoms with Gasteiger partial charge in [-0.05, 0) is 48.0 Å². The Hall–Kier alpha value is -2.66. The minimum atomic E-state index is -0.235.